The number of nitrogens with one attached hydrogen (secondary N) is 1. The van der Waals surface area contributed by atoms with Crippen molar-refractivity contribution in [1.29, 1.82) is 0 Å². The third kappa shape index (κ3) is 3.70. The van der Waals surface area contributed by atoms with Crippen LogP contribution in [0.1, 0.15) is 75.4 Å². The largest absolute Gasteiger partial charge is 0.308 e. The third-order valence-electron chi connectivity index (χ3n) is 7.79. The summed E-state index contributed by atoms with van der Waals surface area (Å²) >= 11 is 0. The van der Waals surface area contributed by atoms with Gasteiger partial charge in [-0.05, 0) is 79.0 Å². The lowest BCUT2D eigenvalue weighted by atomic mass is 9.85. The van der Waals surface area contributed by atoms with E-state index in [2.05, 4.69) is 87.6 Å². The molecule has 3 aromatic heterocycles. The summed E-state index contributed by atoms with van der Waals surface area (Å²) < 4.78 is 2.37. The number of benzene rings is 2. The van der Waals surface area contributed by atoms with Crippen LogP contribution in [0, 0.1) is 13.8 Å². The van der Waals surface area contributed by atoms with E-state index in [4.69, 9.17) is 9.97 Å². The molecule has 1 saturated carbocycles. The molecular weight excluding hydrogens is 446 g/mol. The number of imidazole rings is 1. The minimum atomic E-state index is 0.216. The fourth-order valence-electron chi connectivity index (χ4n) is 5.94. The van der Waals surface area contributed by atoms with Crippen LogP contribution in [0.4, 0.5) is 0 Å². The first-order chi connectivity index (χ1) is 17.6. The minimum absolute atomic E-state index is 0.216. The van der Waals surface area contributed by atoms with Gasteiger partial charge in [0.1, 0.15) is 11.3 Å². The lowest BCUT2D eigenvalue weighted by Gasteiger charge is -2.20. The van der Waals surface area contributed by atoms with Crippen molar-refractivity contribution in [1.82, 2.24) is 35.2 Å². The SMILES string of the molecule is Cc1cc(C)c2nc(C3CC3)n(Cc3ccc4c(c3)CCc3ccccc3C4Cc3nn[nH]n3)c2n1. The molecular formula is C29H29N7. The Kier molecular flexibility index (Phi) is 4.98. The number of H-pyrrole nitrogens is 1. The summed E-state index contributed by atoms with van der Waals surface area (Å²) in [6, 6.07) is 18.0. The van der Waals surface area contributed by atoms with Crippen molar-refractivity contribution in [2.45, 2.75) is 64.3 Å². The molecule has 2 aliphatic rings. The third-order valence-corrected chi connectivity index (χ3v) is 7.79. The lowest BCUT2D eigenvalue weighted by Crippen LogP contribution is -2.10. The van der Waals surface area contributed by atoms with Crippen LogP contribution in [-0.4, -0.2) is 35.2 Å². The maximum absolute atomic E-state index is 5.07. The van der Waals surface area contributed by atoms with E-state index in [1.54, 1.807) is 0 Å². The standard InChI is InChI=1S/C29H29N7/c1-17-13-18(2)30-29-27(17)31-28(21-9-10-21)36(29)16-19-7-12-24-22(14-19)11-8-20-5-3-4-6-23(20)25(24)15-26-32-34-35-33-26/h3-7,12-14,21,25H,8-11,15-16H2,1-2H3,(H,32,33,34,35). The van der Waals surface area contributed by atoms with Gasteiger partial charge >= 0.3 is 0 Å². The van der Waals surface area contributed by atoms with Crippen molar-refractivity contribution in [2.75, 3.05) is 0 Å². The van der Waals surface area contributed by atoms with E-state index >= 15 is 0 Å². The molecule has 7 heteroatoms. The van der Waals surface area contributed by atoms with Crippen molar-refractivity contribution >= 4 is 11.2 Å². The maximum atomic E-state index is 5.07. The number of aryl methyl sites for hydroxylation is 4. The van der Waals surface area contributed by atoms with Crippen molar-refractivity contribution < 1.29 is 0 Å². The molecule has 1 unspecified atom stereocenters. The first kappa shape index (κ1) is 21.4. The number of nitrogens with zero attached hydrogens (tertiary/aromatic N) is 6. The monoisotopic (exact) mass is 475 g/mol. The summed E-state index contributed by atoms with van der Waals surface area (Å²) in [5, 5.41) is 14.9. The molecule has 1 fully saturated rings. The van der Waals surface area contributed by atoms with E-state index < -0.39 is 0 Å². The Morgan fingerprint density at radius 2 is 1.78 bits per heavy atom. The normalized spacial score (nSPS) is 17.1. The molecule has 3 heterocycles. The fraction of sp³-hybridized carbons (Fsp3) is 0.345. The Bertz CT molecular complexity index is 1580. The number of aromatic nitrogens is 7. The number of pyridine rings is 1. The summed E-state index contributed by atoms with van der Waals surface area (Å²) in [6.07, 6.45) is 5.25. The Balaban J connectivity index is 1.30. The molecule has 2 aliphatic carbocycles. The van der Waals surface area contributed by atoms with Gasteiger partial charge in [-0.2, -0.15) is 5.21 Å². The van der Waals surface area contributed by atoms with Crippen LogP contribution < -0.4 is 0 Å². The van der Waals surface area contributed by atoms with Crippen molar-refractivity contribution in [3.05, 3.63) is 99.3 Å². The van der Waals surface area contributed by atoms with Gasteiger partial charge in [0.05, 0.1) is 6.54 Å². The quantitative estimate of drug-likeness (QED) is 0.388. The average Bonchev–Trinajstić information content (AvgIpc) is 3.51. The summed E-state index contributed by atoms with van der Waals surface area (Å²) in [4.78, 5) is 10.00. The van der Waals surface area contributed by atoms with Crippen LogP contribution in [0.3, 0.4) is 0 Å². The molecule has 0 saturated heterocycles. The van der Waals surface area contributed by atoms with E-state index in [-0.39, 0.29) is 5.92 Å². The number of tetrazole rings is 1. The molecule has 36 heavy (non-hydrogen) atoms. The Hall–Kier alpha value is -3.87. The molecule has 180 valence electrons. The van der Waals surface area contributed by atoms with Gasteiger partial charge < -0.3 is 4.57 Å². The highest BCUT2D eigenvalue weighted by atomic mass is 15.5. The predicted octanol–water partition coefficient (Wildman–Crippen LogP) is 4.96. The van der Waals surface area contributed by atoms with E-state index in [1.165, 1.54) is 52.0 Å². The van der Waals surface area contributed by atoms with Gasteiger partial charge in [0, 0.05) is 24.0 Å². The number of rotatable bonds is 5. The molecule has 1 N–H and O–H groups in total. The number of aromatic amines is 1. The van der Waals surface area contributed by atoms with Crippen molar-refractivity contribution in [2.24, 2.45) is 0 Å². The molecule has 0 amide bonds. The fourth-order valence-corrected chi connectivity index (χ4v) is 5.94. The Labute approximate surface area is 210 Å². The second kappa shape index (κ2) is 8.36. The van der Waals surface area contributed by atoms with Crippen LogP contribution in [0.15, 0.2) is 48.5 Å². The molecule has 0 aliphatic heterocycles. The van der Waals surface area contributed by atoms with Gasteiger partial charge in [-0.25, -0.2) is 9.97 Å². The summed E-state index contributed by atoms with van der Waals surface area (Å²) in [6.45, 7) is 5.02. The predicted molar refractivity (Wildman–Crippen MR) is 138 cm³/mol. The van der Waals surface area contributed by atoms with Crippen LogP contribution in [0.25, 0.3) is 11.2 Å². The van der Waals surface area contributed by atoms with Crippen LogP contribution in [-0.2, 0) is 25.8 Å². The van der Waals surface area contributed by atoms with E-state index in [9.17, 15) is 0 Å². The lowest BCUT2D eigenvalue weighted by molar-refractivity contribution is 0.732. The van der Waals surface area contributed by atoms with Gasteiger partial charge in [0.15, 0.2) is 11.5 Å². The zero-order chi connectivity index (χ0) is 24.2. The van der Waals surface area contributed by atoms with Gasteiger partial charge in [0.2, 0.25) is 0 Å². The van der Waals surface area contributed by atoms with Crippen LogP contribution in [0.5, 0.6) is 0 Å². The van der Waals surface area contributed by atoms with Gasteiger partial charge in [-0.15, -0.1) is 10.2 Å². The summed E-state index contributed by atoms with van der Waals surface area (Å²) in [7, 11) is 0. The molecule has 2 aromatic carbocycles. The maximum Gasteiger partial charge on any atom is 0.175 e. The summed E-state index contributed by atoms with van der Waals surface area (Å²) in [5.41, 5.74) is 11.2. The van der Waals surface area contributed by atoms with Gasteiger partial charge in [-0.3, -0.25) is 0 Å². The smallest absolute Gasteiger partial charge is 0.175 e. The molecule has 0 radical (unpaired) electrons. The number of fused-ring (bicyclic) bond motifs is 3. The second-order valence-electron chi connectivity index (χ2n) is 10.4. The number of hydrogen-bond donors (Lipinski definition) is 1. The molecule has 0 spiro atoms. The van der Waals surface area contributed by atoms with E-state index in [0.717, 1.165) is 48.5 Å². The highest BCUT2D eigenvalue weighted by Gasteiger charge is 2.31. The van der Waals surface area contributed by atoms with E-state index in [0.29, 0.717) is 5.92 Å². The minimum Gasteiger partial charge on any atom is -0.308 e. The molecule has 5 aromatic rings. The van der Waals surface area contributed by atoms with Crippen molar-refractivity contribution in [3.63, 3.8) is 0 Å². The summed E-state index contributed by atoms with van der Waals surface area (Å²) in [5.74, 6) is 2.73. The van der Waals surface area contributed by atoms with Gasteiger partial charge in [0.25, 0.3) is 0 Å². The first-order valence-corrected chi connectivity index (χ1v) is 12.9. The number of hydrogen-bond acceptors (Lipinski definition) is 5. The highest BCUT2D eigenvalue weighted by molar-refractivity contribution is 5.76. The topological polar surface area (TPSA) is 85.2 Å². The second-order valence-corrected chi connectivity index (χ2v) is 10.4. The zero-order valence-electron chi connectivity index (χ0n) is 20.7. The Morgan fingerprint density at radius 3 is 2.61 bits per heavy atom. The molecule has 7 rings (SSSR count). The van der Waals surface area contributed by atoms with Crippen LogP contribution in [0.2, 0.25) is 0 Å². The van der Waals surface area contributed by atoms with Crippen LogP contribution >= 0.6 is 0 Å². The average molecular weight is 476 g/mol. The highest BCUT2D eigenvalue weighted by Crippen LogP contribution is 2.41. The van der Waals surface area contributed by atoms with Crippen molar-refractivity contribution in [3.8, 4) is 0 Å². The zero-order valence-corrected chi connectivity index (χ0v) is 20.7. The first-order valence-electron chi connectivity index (χ1n) is 12.9. The molecule has 7 nitrogen and oxygen atoms in total. The molecule has 1 atom stereocenters. The Morgan fingerprint density at radius 1 is 0.944 bits per heavy atom. The van der Waals surface area contributed by atoms with Gasteiger partial charge in [-0.1, -0.05) is 47.7 Å². The van der Waals surface area contributed by atoms with E-state index in [1.807, 2.05) is 0 Å². The molecule has 0 bridgehead atoms.